The summed E-state index contributed by atoms with van der Waals surface area (Å²) in [6.07, 6.45) is 4.99. The Hall–Kier alpha value is -3.20. The lowest BCUT2D eigenvalue weighted by Gasteiger charge is -2.33. The van der Waals surface area contributed by atoms with Gasteiger partial charge in [0.25, 0.3) is 0 Å². The fourth-order valence-corrected chi connectivity index (χ4v) is 5.07. The second-order valence-corrected chi connectivity index (χ2v) is 9.83. The summed E-state index contributed by atoms with van der Waals surface area (Å²) in [7, 11) is 1.57. The van der Waals surface area contributed by atoms with Crippen LogP contribution in [0.1, 0.15) is 58.3 Å². The van der Waals surface area contributed by atoms with Gasteiger partial charge in [0.15, 0.2) is 5.82 Å². The van der Waals surface area contributed by atoms with Gasteiger partial charge in [0.2, 0.25) is 11.8 Å². The average Bonchev–Trinajstić information content (AvgIpc) is 3.35. The van der Waals surface area contributed by atoms with Crippen LogP contribution >= 0.6 is 0 Å². The van der Waals surface area contributed by atoms with Crippen LogP contribution in [0.3, 0.4) is 0 Å². The molecule has 4 aromatic rings. The summed E-state index contributed by atoms with van der Waals surface area (Å²) >= 11 is 0. The number of rotatable bonds is 5. The first-order chi connectivity index (χ1) is 16.2. The van der Waals surface area contributed by atoms with E-state index >= 15 is 4.39 Å². The van der Waals surface area contributed by atoms with Gasteiger partial charge in [-0.1, -0.05) is 0 Å². The number of fused-ring (bicyclic) bond motifs is 2. The molecule has 1 aliphatic carbocycles. The lowest BCUT2D eigenvalue weighted by molar-refractivity contribution is 0.0195. The zero-order valence-electron chi connectivity index (χ0n) is 20.3. The van der Waals surface area contributed by atoms with Gasteiger partial charge in [-0.3, -0.25) is 0 Å². The van der Waals surface area contributed by atoms with E-state index in [-0.39, 0.29) is 17.9 Å². The Morgan fingerprint density at radius 3 is 2.65 bits per heavy atom. The van der Waals surface area contributed by atoms with E-state index in [0.29, 0.717) is 28.4 Å². The number of aryl methyl sites for hydroxylation is 1. The van der Waals surface area contributed by atoms with E-state index in [1.807, 2.05) is 36.7 Å². The Labute approximate surface area is 197 Å². The third-order valence-corrected chi connectivity index (χ3v) is 6.82. The van der Waals surface area contributed by atoms with Crippen LogP contribution in [-0.2, 0) is 0 Å². The van der Waals surface area contributed by atoms with Crippen molar-refractivity contribution in [1.82, 2.24) is 24.1 Å². The Balaban J connectivity index is 1.55. The Kier molecular flexibility index (Phi) is 5.47. The number of imidazole rings is 1. The molecule has 9 heteroatoms. The van der Waals surface area contributed by atoms with Crippen molar-refractivity contribution in [2.45, 2.75) is 71.1 Å². The lowest BCUT2D eigenvalue weighted by atomic mass is 9.84. The number of methoxy groups -OCH3 is 1. The van der Waals surface area contributed by atoms with Crippen molar-refractivity contribution >= 4 is 22.5 Å². The maximum atomic E-state index is 15.1. The summed E-state index contributed by atoms with van der Waals surface area (Å²) in [6, 6.07) is 5.72. The molecule has 0 unspecified atom stereocenters. The fraction of sp³-hybridized carbons (Fsp3) is 0.480. The Bertz CT molecular complexity index is 1360. The van der Waals surface area contributed by atoms with Crippen LogP contribution in [0.4, 0.5) is 10.3 Å². The molecule has 0 amide bonds. The monoisotopic (exact) mass is 466 g/mol. The van der Waals surface area contributed by atoms with E-state index in [1.54, 1.807) is 11.6 Å². The van der Waals surface area contributed by atoms with Crippen molar-refractivity contribution in [2.75, 3.05) is 12.4 Å². The van der Waals surface area contributed by atoms with E-state index in [1.165, 1.54) is 6.07 Å². The van der Waals surface area contributed by atoms with E-state index < -0.39 is 5.60 Å². The maximum Gasteiger partial charge on any atom is 0.244 e. The number of hydrogen-bond donors (Lipinski definition) is 2. The van der Waals surface area contributed by atoms with Gasteiger partial charge in [0, 0.05) is 23.8 Å². The first-order valence-electron chi connectivity index (χ1n) is 11.8. The number of ether oxygens (including phenoxy) is 1. The molecule has 0 saturated heterocycles. The minimum atomic E-state index is -0.601. The molecule has 1 saturated carbocycles. The van der Waals surface area contributed by atoms with Crippen LogP contribution in [0.2, 0.25) is 0 Å². The summed E-state index contributed by atoms with van der Waals surface area (Å²) in [6.45, 7) is 7.90. The highest BCUT2D eigenvalue weighted by atomic mass is 19.1. The minimum Gasteiger partial charge on any atom is -0.479 e. The zero-order chi connectivity index (χ0) is 24.2. The molecule has 0 aliphatic heterocycles. The molecular formula is C25H31FN6O2. The topological polar surface area (TPSA) is 89.5 Å². The molecule has 0 atom stereocenters. The fourth-order valence-electron chi connectivity index (χ4n) is 5.07. The Morgan fingerprint density at radius 2 is 1.97 bits per heavy atom. The summed E-state index contributed by atoms with van der Waals surface area (Å²) in [5.74, 6) is 1.30. The number of aliphatic hydroxyl groups is 1. The predicted molar refractivity (Wildman–Crippen MR) is 130 cm³/mol. The third kappa shape index (κ3) is 3.87. The van der Waals surface area contributed by atoms with Crippen molar-refractivity contribution in [2.24, 2.45) is 0 Å². The van der Waals surface area contributed by atoms with E-state index in [0.717, 1.165) is 42.6 Å². The summed E-state index contributed by atoms with van der Waals surface area (Å²) in [4.78, 5) is 9.04. The van der Waals surface area contributed by atoms with Crippen molar-refractivity contribution < 1.29 is 14.2 Å². The third-order valence-electron chi connectivity index (χ3n) is 6.82. The molecule has 0 spiro atoms. The van der Waals surface area contributed by atoms with Crippen LogP contribution in [0.15, 0.2) is 24.4 Å². The largest absolute Gasteiger partial charge is 0.479 e. The molecule has 1 aliphatic rings. The summed E-state index contributed by atoms with van der Waals surface area (Å²) in [5, 5.41) is 18.2. The number of benzene rings is 1. The number of aromatic nitrogens is 5. The van der Waals surface area contributed by atoms with Crippen LogP contribution in [-0.4, -0.2) is 48.0 Å². The first-order valence-corrected chi connectivity index (χ1v) is 11.8. The van der Waals surface area contributed by atoms with E-state index in [9.17, 15) is 5.11 Å². The van der Waals surface area contributed by atoms with Crippen molar-refractivity contribution in [3.63, 3.8) is 0 Å². The average molecular weight is 467 g/mol. The van der Waals surface area contributed by atoms with Crippen LogP contribution in [0.25, 0.3) is 27.7 Å². The van der Waals surface area contributed by atoms with Gasteiger partial charge < -0.3 is 19.7 Å². The van der Waals surface area contributed by atoms with Crippen LogP contribution < -0.4 is 10.1 Å². The van der Waals surface area contributed by atoms with E-state index in [4.69, 9.17) is 4.74 Å². The van der Waals surface area contributed by atoms with Gasteiger partial charge >= 0.3 is 0 Å². The second-order valence-electron chi connectivity index (χ2n) is 9.83. The number of halogens is 1. The predicted octanol–water partition coefficient (Wildman–Crippen LogP) is 4.89. The van der Waals surface area contributed by atoms with Crippen molar-refractivity contribution in [3.05, 3.63) is 36.0 Å². The standard InChI is InChI=1S/C25H31FN6O2/c1-14(2)32-15(3)27-21-19(26)12-16(13-20(21)32)18-8-11-31-22(18)23(34-5)29-24(30-31)28-17-6-9-25(4,33)10-7-17/h8,11-14,17,33H,6-7,9-10H2,1-5H3,(H,28,30). The molecule has 5 rings (SSSR count). The molecule has 1 aromatic carbocycles. The summed E-state index contributed by atoms with van der Waals surface area (Å²) in [5.41, 5.74) is 2.70. The molecular weight excluding hydrogens is 435 g/mol. The van der Waals surface area contributed by atoms with Gasteiger partial charge in [-0.25, -0.2) is 13.9 Å². The quantitative estimate of drug-likeness (QED) is 0.435. The number of nitrogens with zero attached hydrogens (tertiary/aromatic N) is 5. The smallest absolute Gasteiger partial charge is 0.244 e. The van der Waals surface area contributed by atoms with Gasteiger partial charge in [-0.2, -0.15) is 4.98 Å². The highest BCUT2D eigenvalue weighted by Gasteiger charge is 2.29. The maximum absolute atomic E-state index is 15.1. The molecule has 2 N–H and O–H groups in total. The number of hydrogen-bond acceptors (Lipinski definition) is 6. The van der Waals surface area contributed by atoms with Gasteiger partial charge in [0.1, 0.15) is 16.9 Å². The minimum absolute atomic E-state index is 0.153. The Morgan fingerprint density at radius 1 is 1.24 bits per heavy atom. The normalized spacial score (nSPS) is 21.0. The molecule has 180 valence electrons. The zero-order valence-corrected chi connectivity index (χ0v) is 20.3. The lowest BCUT2D eigenvalue weighted by Crippen LogP contribution is -2.36. The molecule has 1 fully saturated rings. The molecule has 34 heavy (non-hydrogen) atoms. The first kappa shape index (κ1) is 22.6. The second kappa shape index (κ2) is 8.23. The van der Waals surface area contributed by atoms with Crippen molar-refractivity contribution in [1.29, 1.82) is 0 Å². The van der Waals surface area contributed by atoms with Crippen LogP contribution in [0, 0.1) is 12.7 Å². The van der Waals surface area contributed by atoms with Crippen LogP contribution in [0.5, 0.6) is 5.88 Å². The molecule has 8 nitrogen and oxygen atoms in total. The molecule has 3 heterocycles. The molecule has 0 bridgehead atoms. The highest BCUT2D eigenvalue weighted by Crippen LogP contribution is 2.35. The highest BCUT2D eigenvalue weighted by molar-refractivity contribution is 5.90. The summed E-state index contributed by atoms with van der Waals surface area (Å²) < 4.78 is 24.5. The SMILES string of the molecule is COc1nc(NC2CCC(C)(O)CC2)nn2ccc(-c3cc(F)c4nc(C)n(C(C)C)c4c3)c12. The van der Waals surface area contributed by atoms with E-state index in [2.05, 4.69) is 34.2 Å². The van der Waals surface area contributed by atoms with Gasteiger partial charge in [0.05, 0.1) is 18.2 Å². The van der Waals surface area contributed by atoms with Crippen molar-refractivity contribution in [3.8, 4) is 17.0 Å². The van der Waals surface area contributed by atoms with Gasteiger partial charge in [-0.05, 0) is 77.1 Å². The molecule has 3 aromatic heterocycles. The number of nitrogens with one attached hydrogen (secondary N) is 1. The number of anilines is 1. The van der Waals surface area contributed by atoms with Gasteiger partial charge in [-0.15, -0.1) is 5.10 Å². The molecule has 0 radical (unpaired) electrons.